The molecule has 1 aliphatic rings. The lowest BCUT2D eigenvalue weighted by atomic mass is 9.74. The summed E-state index contributed by atoms with van der Waals surface area (Å²) in [7, 11) is 2.10. The zero-order chi connectivity index (χ0) is 16.6. The molecule has 0 radical (unpaired) electrons. The molecule has 124 valence electrons. The van der Waals surface area contributed by atoms with Crippen molar-refractivity contribution >= 4 is 10.9 Å². The van der Waals surface area contributed by atoms with E-state index in [-0.39, 0.29) is 5.41 Å². The summed E-state index contributed by atoms with van der Waals surface area (Å²) >= 11 is 0. The van der Waals surface area contributed by atoms with Crippen LogP contribution in [0.5, 0.6) is 0 Å². The van der Waals surface area contributed by atoms with E-state index in [2.05, 4.69) is 66.3 Å². The minimum atomic E-state index is 0.0789. The lowest BCUT2D eigenvalue weighted by Gasteiger charge is -2.36. The molecule has 4 rings (SSSR count). The van der Waals surface area contributed by atoms with Gasteiger partial charge in [0.1, 0.15) is 0 Å². The number of para-hydroxylation sites is 1. The highest BCUT2D eigenvalue weighted by molar-refractivity contribution is 5.96. The fourth-order valence-corrected chi connectivity index (χ4v) is 3.95. The van der Waals surface area contributed by atoms with E-state index < -0.39 is 0 Å². The average Bonchev–Trinajstić information content (AvgIpc) is 3.00. The van der Waals surface area contributed by atoms with E-state index in [1.165, 1.54) is 27.6 Å². The van der Waals surface area contributed by atoms with Crippen LogP contribution in [0.3, 0.4) is 0 Å². The Hall–Kier alpha value is -2.10. The predicted molar refractivity (Wildman–Crippen MR) is 99.1 cm³/mol. The standard InChI is InChI=1S/C21H24N2O/c1-23-14-19(18-4-2-3-5-20(18)23)16-6-8-17(9-7-16)21(15-22)10-12-24-13-11-21/h2-9,14H,10-13,15,22H2,1H3. The number of hydrogen-bond acceptors (Lipinski definition) is 2. The number of rotatable bonds is 3. The number of hydrogen-bond donors (Lipinski definition) is 1. The summed E-state index contributed by atoms with van der Waals surface area (Å²) in [6, 6.07) is 17.5. The molecule has 0 bridgehead atoms. The number of nitrogens with two attached hydrogens (primary N) is 1. The molecular formula is C21H24N2O. The Kier molecular flexibility index (Phi) is 3.91. The summed E-state index contributed by atoms with van der Waals surface area (Å²) < 4.78 is 7.73. The van der Waals surface area contributed by atoms with Gasteiger partial charge < -0.3 is 15.0 Å². The Morgan fingerprint density at radius 1 is 1.04 bits per heavy atom. The highest BCUT2D eigenvalue weighted by Gasteiger charge is 2.32. The van der Waals surface area contributed by atoms with Crippen LogP contribution in [-0.2, 0) is 17.2 Å². The zero-order valence-electron chi connectivity index (χ0n) is 14.2. The van der Waals surface area contributed by atoms with Crippen molar-refractivity contribution in [2.75, 3.05) is 19.8 Å². The maximum absolute atomic E-state index is 6.14. The third kappa shape index (κ3) is 2.45. The molecular weight excluding hydrogens is 296 g/mol. The second-order valence-corrected chi connectivity index (χ2v) is 6.85. The third-order valence-corrected chi connectivity index (χ3v) is 5.55. The lowest BCUT2D eigenvalue weighted by Crippen LogP contribution is -2.40. The van der Waals surface area contributed by atoms with E-state index in [9.17, 15) is 0 Å². The van der Waals surface area contributed by atoms with Crippen molar-refractivity contribution < 1.29 is 4.74 Å². The first kappa shape index (κ1) is 15.4. The maximum atomic E-state index is 6.14. The van der Waals surface area contributed by atoms with Gasteiger partial charge in [0.15, 0.2) is 0 Å². The smallest absolute Gasteiger partial charge is 0.0484 e. The molecule has 0 atom stereocenters. The van der Waals surface area contributed by atoms with Gasteiger partial charge in [0.05, 0.1) is 0 Å². The monoisotopic (exact) mass is 320 g/mol. The molecule has 3 aromatic rings. The molecule has 1 aliphatic heterocycles. The van der Waals surface area contributed by atoms with Crippen LogP contribution >= 0.6 is 0 Å². The van der Waals surface area contributed by atoms with Gasteiger partial charge >= 0.3 is 0 Å². The Bertz CT molecular complexity index is 842. The first-order valence-electron chi connectivity index (χ1n) is 8.66. The molecule has 2 N–H and O–H groups in total. The van der Waals surface area contributed by atoms with Crippen molar-refractivity contribution in [1.82, 2.24) is 4.57 Å². The van der Waals surface area contributed by atoms with Crippen LogP contribution in [-0.4, -0.2) is 24.3 Å². The zero-order valence-corrected chi connectivity index (χ0v) is 14.2. The molecule has 3 heteroatoms. The van der Waals surface area contributed by atoms with Crippen molar-refractivity contribution in [3.63, 3.8) is 0 Å². The van der Waals surface area contributed by atoms with Crippen LogP contribution in [0.15, 0.2) is 54.7 Å². The molecule has 0 unspecified atom stereocenters. The normalized spacial score (nSPS) is 17.2. The van der Waals surface area contributed by atoms with E-state index in [1.807, 2.05) is 0 Å². The van der Waals surface area contributed by atoms with Crippen LogP contribution in [0.4, 0.5) is 0 Å². The van der Waals surface area contributed by atoms with E-state index in [0.717, 1.165) is 26.1 Å². The second-order valence-electron chi connectivity index (χ2n) is 6.85. The molecule has 1 saturated heterocycles. The molecule has 0 aliphatic carbocycles. The van der Waals surface area contributed by atoms with Crippen LogP contribution < -0.4 is 5.73 Å². The third-order valence-electron chi connectivity index (χ3n) is 5.55. The minimum absolute atomic E-state index is 0.0789. The van der Waals surface area contributed by atoms with Gasteiger partial charge in [0.2, 0.25) is 0 Å². The Balaban J connectivity index is 1.73. The number of aromatic nitrogens is 1. The SMILES string of the molecule is Cn1cc(-c2ccc(C3(CN)CCOCC3)cc2)c2ccccc21. The molecule has 2 aromatic carbocycles. The second kappa shape index (κ2) is 6.08. The number of benzene rings is 2. The molecule has 0 spiro atoms. The Morgan fingerprint density at radius 3 is 2.46 bits per heavy atom. The van der Waals surface area contributed by atoms with Crippen LogP contribution in [0.2, 0.25) is 0 Å². The molecule has 3 nitrogen and oxygen atoms in total. The first-order chi connectivity index (χ1) is 11.7. The van der Waals surface area contributed by atoms with Crippen LogP contribution in [0, 0.1) is 0 Å². The fraction of sp³-hybridized carbons (Fsp3) is 0.333. The molecule has 0 amide bonds. The van der Waals surface area contributed by atoms with E-state index in [4.69, 9.17) is 10.5 Å². The van der Waals surface area contributed by atoms with Gasteiger partial charge in [0.25, 0.3) is 0 Å². The summed E-state index contributed by atoms with van der Waals surface area (Å²) in [6.45, 7) is 2.30. The Labute approximate surface area is 143 Å². The molecule has 1 fully saturated rings. The Morgan fingerprint density at radius 2 is 1.75 bits per heavy atom. The van der Waals surface area contributed by atoms with Crippen molar-refractivity contribution in [2.24, 2.45) is 12.8 Å². The van der Waals surface area contributed by atoms with Gasteiger partial charge in [-0.05, 0) is 30.0 Å². The van der Waals surface area contributed by atoms with E-state index >= 15 is 0 Å². The highest BCUT2D eigenvalue weighted by atomic mass is 16.5. The highest BCUT2D eigenvalue weighted by Crippen LogP contribution is 2.36. The summed E-state index contributed by atoms with van der Waals surface area (Å²) in [5.74, 6) is 0. The molecule has 1 aromatic heterocycles. The molecule has 2 heterocycles. The van der Waals surface area contributed by atoms with E-state index in [1.54, 1.807) is 0 Å². The maximum Gasteiger partial charge on any atom is 0.0484 e. The molecule has 0 saturated carbocycles. The largest absolute Gasteiger partial charge is 0.381 e. The molecule has 24 heavy (non-hydrogen) atoms. The topological polar surface area (TPSA) is 40.2 Å². The van der Waals surface area contributed by atoms with Gasteiger partial charge in [-0.25, -0.2) is 0 Å². The lowest BCUT2D eigenvalue weighted by molar-refractivity contribution is 0.0530. The average molecular weight is 320 g/mol. The fourth-order valence-electron chi connectivity index (χ4n) is 3.95. The van der Waals surface area contributed by atoms with Crippen molar-refractivity contribution in [3.05, 3.63) is 60.3 Å². The van der Waals surface area contributed by atoms with E-state index in [0.29, 0.717) is 6.54 Å². The van der Waals surface area contributed by atoms with Gasteiger partial charge in [-0.2, -0.15) is 0 Å². The minimum Gasteiger partial charge on any atom is -0.381 e. The van der Waals surface area contributed by atoms with Crippen molar-refractivity contribution in [1.29, 1.82) is 0 Å². The predicted octanol–water partition coefficient (Wildman–Crippen LogP) is 3.85. The van der Waals surface area contributed by atoms with Crippen LogP contribution in [0.25, 0.3) is 22.0 Å². The van der Waals surface area contributed by atoms with Gasteiger partial charge in [-0.15, -0.1) is 0 Å². The number of fused-ring (bicyclic) bond motifs is 1. The number of nitrogens with zero attached hydrogens (tertiary/aromatic N) is 1. The summed E-state index contributed by atoms with van der Waals surface area (Å²) in [6.07, 6.45) is 4.24. The van der Waals surface area contributed by atoms with Crippen molar-refractivity contribution in [2.45, 2.75) is 18.3 Å². The number of ether oxygens (including phenoxy) is 1. The quantitative estimate of drug-likeness (QED) is 0.796. The summed E-state index contributed by atoms with van der Waals surface area (Å²) in [5.41, 5.74) is 11.4. The summed E-state index contributed by atoms with van der Waals surface area (Å²) in [4.78, 5) is 0. The van der Waals surface area contributed by atoms with Gasteiger partial charge in [-0.3, -0.25) is 0 Å². The van der Waals surface area contributed by atoms with Crippen molar-refractivity contribution in [3.8, 4) is 11.1 Å². The first-order valence-corrected chi connectivity index (χ1v) is 8.66. The number of aryl methyl sites for hydroxylation is 1. The van der Waals surface area contributed by atoms with Crippen LogP contribution in [0.1, 0.15) is 18.4 Å². The summed E-state index contributed by atoms with van der Waals surface area (Å²) in [5, 5.41) is 1.30. The van der Waals surface area contributed by atoms with Gasteiger partial charge in [-0.1, -0.05) is 42.5 Å². The van der Waals surface area contributed by atoms with Gasteiger partial charge in [0, 0.05) is 54.9 Å².